The topological polar surface area (TPSA) is 49.2 Å². The third-order valence-corrected chi connectivity index (χ3v) is 5.44. The quantitative estimate of drug-likeness (QED) is 0.387. The maximum atomic E-state index is 13.4. The molecular weight excluding hydrogens is 393 g/mol. The molecule has 0 radical (unpaired) electrons. The number of nitrogens with zero attached hydrogens (tertiary/aromatic N) is 3. The van der Waals surface area contributed by atoms with Crippen LogP contribution in [0.15, 0.2) is 72.9 Å². The van der Waals surface area contributed by atoms with Crippen molar-refractivity contribution in [3.05, 3.63) is 84.3 Å². The summed E-state index contributed by atoms with van der Waals surface area (Å²) in [6.45, 7) is 0.590. The van der Waals surface area contributed by atoms with Gasteiger partial charge in [-0.1, -0.05) is 12.1 Å². The number of hydrogen-bond donors (Lipinski definition) is 0. The summed E-state index contributed by atoms with van der Waals surface area (Å²) >= 11 is 0. The van der Waals surface area contributed by atoms with E-state index in [1.54, 1.807) is 26.4 Å². The van der Waals surface area contributed by atoms with Crippen molar-refractivity contribution in [3.8, 4) is 34.0 Å². The van der Waals surface area contributed by atoms with Crippen molar-refractivity contribution < 1.29 is 13.9 Å². The van der Waals surface area contributed by atoms with Gasteiger partial charge in [-0.15, -0.1) is 10.2 Å². The summed E-state index contributed by atoms with van der Waals surface area (Å²) in [6.07, 6.45) is 2.06. The van der Waals surface area contributed by atoms with Crippen LogP contribution in [0.2, 0.25) is 0 Å². The van der Waals surface area contributed by atoms with Crippen molar-refractivity contribution in [3.63, 3.8) is 0 Å². The van der Waals surface area contributed by atoms with Crippen molar-refractivity contribution in [1.29, 1.82) is 0 Å². The Kier molecular flexibility index (Phi) is 4.75. The van der Waals surface area contributed by atoms with E-state index in [0.717, 1.165) is 50.5 Å². The molecule has 31 heavy (non-hydrogen) atoms. The highest BCUT2D eigenvalue weighted by Crippen LogP contribution is 2.38. The zero-order valence-corrected chi connectivity index (χ0v) is 17.2. The average molecular weight is 413 g/mol. The molecule has 3 aromatic carbocycles. The van der Waals surface area contributed by atoms with Crippen LogP contribution in [0.5, 0.6) is 11.5 Å². The fraction of sp³-hybridized carbons (Fsp3) is 0.120. The van der Waals surface area contributed by atoms with Gasteiger partial charge in [0.2, 0.25) is 0 Å². The first-order valence-electron chi connectivity index (χ1n) is 9.88. The highest BCUT2D eigenvalue weighted by Gasteiger charge is 2.21. The first-order valence-corrected chi connectivity index (χ1v) is 9.88. The van der Waals surface area contributed by atoms with Gasteiger partial charge < -0.3 is 14.0 Å². The molecule has 0 bridgehead atoms. The van der Waals surface area contributed by atoms with Crippen LogP contribution in [-0.4, -0.2) is 29.0 Å². The predicted molar refractivity (Wildman–Crippen MR) is 118 cm³/mol. The third-order valence-electron chi connectivity index (χ3n) is 5.44. The SMILES string of the molecule is COc1ccc(-c2nnc3c4cc(OC)ccc4n(Cc4ccc(F)cc4)cc2-3)cc1. The highest BCUT2D eigenvalue weighted by molar-refractivity contribution is 5.98. The molecule has 2 aliphatic rings. The highest BCUT2D eigenvalue weighted by atomic mass is 19.1. The Hall–Kier alpha value is -3.93. The van der Waals surface area contributed by atoms with Crippen LogP contribution >= 0.6 is 0 Å². The molecule has 5 rings (SSSR count). The number of halogens is 1. The minimum absolute atomic E-state index is 0.245. The predicted octanol–water partition coefficient (Wildman–Crippen LogP) is 5.41. The van der Waals surface area contributed by atoms with Crippen molar-refractivity contribution >= 4 is 10.9 Å². The van der Waals surface area contributed by atoms with Crippen LogP contribution in [-0.2, 0) is 6.54 Å². The van der Waals surface area contributed by atoms with Gasteiger partial charge in [-0.05, 0) is 60.2 Å². The van der Waals surface area contributed by atoms with Gasteiger partial charge in [-0.25, -0.2) is 4.39 Å². The summed E-state index contributed by atoms with van der Waals surface area (Å²) in [4.78, 5) is 0. The molecule has 154 valence electrons. The molecule has 0 aliphatic carbocycles. The molecule has 6 heteroatoms. The molecule has 0 aromatic heterocycles. The van der Waals surface area contributed by atoms with Crippen molar-refractivity contribution in [2.24, 2.45) is 0 Å². The zero-order chi connectivity index (χ0) is 21.4. The Balaban J connectivity index is 1.70. The number of fused-ring (bicyclic) bond motifs is 3. The second-order valence-electron chi connectivity index (χ2n) is 7.31. The van der Waals surface area contributed by atoms with E-state index in [1.807, 2.05) is 42.5 Å². The second-order valence-corrected chi connectivity index (χ2v) is 7.31. The standard InChI is InChI=1S/C25H20FN3O2/c1-30-19-9-5-17(6-10-19)24-22-15-29(14-16-3-7-18(26)8-4-16)23-12-11-20(31-2)13-21(23)25(22)28-27-24/h3-13,15H,14H2,1-2H3. The lowest BCUT2D eigenvalue weighted by Gasteiger charge is -2.16. The second kappa shape index (κ2) is 7.72. The summed E-state index contributed by atoms with van der Waals surface area (Å²) in [5.74, 6) is 1.29. The summed E-state index contributed by atoms with van der Waals surface area (Å²) in [7, 11) is 3.29. The number of benzene rings is 3. The lowest BCUT2D eigenvalue weighted by molar-refractivity contribution is 0.415. The number of rotatable bonds is 5. The van der Waals surface area contributed by atoms with E-state index in [0.29, 0.717) is 6.54 Å². The molecule has 2 aliphatic heterocycles. The van der Waals surface area contributed by atoms with Gasteiger partial charge in [-0.3, -0.25) is 0 Å². The largest absolute Gasteiger partial charge is 0.497 e. The molecule has 0 atom stereocenters. The molecule has 0 spiro atoms. The fourth-order valence-corrected chi connectivity index (χ4v) is 3.83. The summed E-state index contributed by atoms with van der Waals surface area (Å²) in [5, 5.41) is 9.94. The Morgan fingerprint density at radius 3 is 2.19 bits per heavy atom. The Bertz CT molecular complexity index is 1330. The number of aromatic nitrogens is 3. The van der Waals surface area contributed by atoms with Gasteiger partial charge in [0.25, 0.3) is 0 Å². The van der Waals surface area contributed by atoms with Crippen LogP contribution in [0.3, 0.4) is 0 Å². The van der Waals surface area contributed by atoms with Gasteiger partial charge in [-0.2, -0.15) is 0 Å². The minimum atomic E-state index is -0.245. The minimum Gasteiger partial charge on any atom is -0.497 e. The van der Waals surface area contributed by atoms with Crippen molar-refractivity contribution in [2.45, 2.75) is 6.54 Å². The molecule has 0 fully saturated rings. The van der Waals surface area contributed by atoms with E-state index in [4.69, 9.17) is 9.47 Å². The Morgan fingerprint density at radius 1 is 0.806 bits per heavy atom. The van der Waals surface area contributed by atoms with Crippen LogP contribution in [0.25, 0.3) is 33.4 Å². The van der Waals surface area contributed by atoms with Crippen LogP contribution in [0.4, 0.5) is 4.39 Å². The van der Waals surface area contributed by atoms with E-state index in [2.05, 4.69) is 21.0 Å². The summed E-state index contributed by atoms with van der Waals surface area (Å²) < 4.78 is 26.2. The van der Waals surface area contributed by atoms with Crippen LogP contribution < -0.4 is 9.47 Å². The van der Waals surface area contributed by atoms with Crippen molar-refractivity contribution in [2.75, 3.05) is 14.2 Å². The van der Waals surface area contributed by atoms with E-state index in [-0.39, 0.29) is 5.82 Å². The Morgan fingerprint density at radius 2 is 1.48 bits per heavy atom. The number of pyridine rings is 1. The van der Waals surface area contributed by atoms with E-state index in [1.165, 1.54) is 12.1 Å². The maximum absolute atomic E-state index is 13.4. The third kappa shape index (κ3) is 3.46. The molecule has 0 saturated heterocycles. The Labute approximate surface area is 179 Å². The lowest BCUT2D eigenvalue weighted by Crippen LogP contribution is -2.04. The van der Waals surface area contributed by atoms with Crippen LogP contribution in [0, 0.1) is 5.82 Å². The van der Waals surface area contributed by atoms with Gasteiger partial charge in [0.1, 0.15) is 28.7 Å². The summed E-state index contributed by atoms with van der Waals surface area (Å²) in [6, 6.07) is 20.2. The van der Waals surface area contributed by atoms with E-state index >= 15 is 0 Å². The van der Waals surface area contributed by atoms with E-state index in [9.17, 15) is 4.39 Å². The number of ether oxygens (including phenoxy) is 2. The zero-order valence-electron chi connectivity index (χ0n) is 17.2. The normalized spacial score (nSPS) is 11.2. The van der Waals surface area contributed by atoms with Gasteiger partial charge >= 0.3 is 0 Å². The smallest absolute Gasteiger partial charge is 0.123 e. The van der Waals surface area contributed by atoms with Gasteiger partial charge in [0, 0.05) is 29.3 Å². The van der Waals surface area contributed by atoms with Crippen molar-refractivity contribution in [1.82, 2.24) is 14.8 Å². The molecular formula is C25H20FN3O2. The fourth-order valence-electron chi connectivity index (χ4n) is 3.83. The monoisotopic (exact) mass is 413 g/mol. The molecule has 3 aromatic rings. The number of hydrogen-bond acceptors (Lipinski definition) is 4. The maximum Gasteiger partial charge on any atom is 0.123 e. The molecule has 0 amide bonds. The molecule has 0 N–H and O–H groups in total. The number of methoxy groups -OCH3 is 2. The van der Waals surface area contributed by atoms with Gasteiger partial charge in [0.15, 0.2) is 0 Å². The van der Waals surface area contributed by atoms with E-state index < -0.39 is 0 Å². The lowest BCUT2D eigenvalue weighted by atomic mass is 10.0. The average Bonchev–Trinajstić information content (AvgIpc) is 3.24. The summed E-state index contributed by atoms with van der Waals surface area (Å²) in [5.41, 5.74) is 5.51. The first kappa shape index (κ1) is 19.1. The molecule has 0 unspecified atom stereocenters. The molecule has 5 nitrogen and oxygen atoms in total. The van der Waals surface area contributed by atoms with Crippen LogP contribution in [0.1, 0.15) is 5.56 Å². The molecule has 2 heterocycles. The first-order chi connectivity index (χ1) is 15.2. The van der Waals surface area contributed by atoms with Gasteiger partial charge in [0.05, 0.1) is 19.7 Å². The molecule has 0 saturated carbocycles.